The van der Waals surface area contributed by atoms with Gasteiger partial charge in [-0.2, -0.15) is 0 Å². The number of halogens is 1. The fraction of sp³-hybridized carbons (Fsp3) is 0.538. The molecule has 0 fully saturated rings. The van der Waals surface area contributed by atoms with Crippen LogP contribution < -0.4 is 10.1 Å². The molecule has 3 nitrogen and oxygen atoms in total. The van der Waals surface area contributed by atoms with E-state index in [4.69, 9.17) is 16.3 Å². The molecule has 17 heavy (non-hydrogen) atoms. The van der Waals surface area contributed by atoms with Crippen LogP contribution in [0.15, 0.2) is 24.3 Å². The van der Waals surface area contributed by atoms with Gasteiger partial charge in [-0.3, -0.25) is 0 Å². The minimum absolute atomic E-state index is 0.269. The molecule has 0 radical (unpaired) electrons. The number of rotatable bonds is 7. The average Bonchev–Trinajstić information content (AvgIpc) is 2.26. The molecule has 0 unspecified atom stereocenters. The number of aliphatic hydroxyl groups is 1. The molecule has 0 aliphatic carbocycles. The van der Waals surface area contributed by atoms with Crippen molar-refractivity contribution < 1.29 is 9.84 Å². The van der Waals surface area contributed by atoms with Crippen LogP contribution in [0.4, 0.5) is 0 Å². The lowest BCUT2D eigenvalue weighted by molar-refractivity contribution is 0.106. The van der Waals surface area contributed by atoms with Gasteiger partial charge in [0.05, 0.1) is 0 Å². The van der Waals surface area contributed by atoms with Crippen molar-refractivity contribution in [3.05, 3.63) is 29.3 Å². The van der Waals surface area contributed by atoms with Crippen molar-refractivity contribution in [1.82, 2.24) is 5.32 Å². The first-order chi connectivity index (χ1) is 8.08. The van der Waals surface area contributed by atoms with Crippen LogP contribution in [-0.4, -0.2) is 30.9 Å². The Labute approximate surface area is 108 Å². The Kier molecular flexibility index (Phi) is 6.34. The highest BCUT2D eigenvalue weighted by Crippen LogP contribution is 2.17. The molecule has 1 rings (SSSR count). The van der Waals surface area contributed by atoms with E-state index in [1.54, 1.807) is 12.1 Å². The summed E-state index contributed by atoms with van der Waals surface area (Å²) in [6, 6.07) is 7.16. The van der Waals surface area contributed by atoms with Gasteiger partial charge in [0.2, 0.25) is 0 Å². The smallest absolute Gasteiger partial charge is 0.120 e. The number of benzene rings is 1. The predicted octanol–water partition coefficient (Wildman–Crippen LogP) is 2.33. The Morgan fingerprint density at radius 2 is 2.12 bits per heavy atom. The van der Waals surface area contributed by atoms with Gasteiger partial charge in [-0.15, -0.1) is 0 Å². The summed E-state index contributed by atoms with van der Waals surface area (Å²) in [5.74, 6) is 1.26. The summed E-state index contributed by atoms with van der Waals surface area (Å²) in [6.07, 6.45) is -0.507. The standard InChI is InChI=1S/C13H20ClNO2/c1-10(2)7-15-8-12(16)9-17-13-5-3-4-11(14)6-13/h3-6,10,12,15-16H,7-9H2,1-2H3/t12-/m1/s1. The Bertz CT molecular complexity index is 331. The summed E-state index contributed by atoms with van der Waals surface area (Å²) < 4.78 is 5.43. The van der Waals surface area contributed by atoms with E-state index in [9.17, 15) is 5.11 Å². The minimum Gasteiger partial charge on any atom is -0.491 e. The van der Waals surface area contributed by atoms with E-state index < -0.39 is 6.10 Å². The van der Waals surface area contributed by atoms with E-state index in [0.29, 0.717) is 23.2 Å². The molecule has 0 aliphatic rings. The van der Waals surface area contributed by atoms with Crippen molar-refractivity contribution in [3.8, 4) is 5.75 Å². The quantitative estimate of drug-likeness (QED) is 0.788. The number of hydrogen-bond donors (Lipinski definition) is 2. The molecule has 0 spiro atoms. The lowest BCUT2D eigenvalue weighted by Gasteiger charge is -2.14. The molecule has 1 aromatic carbocycles. The molecule has 0 bridgehead atoms. The van der Waals surface area contributed by atoms with Crippen LogP contribution in [0.2, 0.25) is 5.02 Å². The molecule has 1 aromatic rings. The monoisotopic (exact) mass is 257 g/mol. The van der Waals surface area contributed by atoms with Gasteiger partial charge in [-0.25, -0.2) is 0 Å². The number of aliphatic hydroxyl groups excluding tert-OH is 1. The summed E-state index contributed by atoms with van der Waals surface area (Å²) in [5, 5.41) is 13.5. The molecule has 1 atom stereocenters. The SMILES string of the molecule is CC(C)CNC[C@@H](O)COc1cccc(Cl)c1. The molecule has 0 saturated carbocycles. The average molecular weight is 258 g/mol. The first kappa shape index (κ1) is 14.3. The lowest BCUT2D eigenvalue weighted by Crippen LogP contribution is -2.33. The zero-order valence-corrected chi connectivity index (χ0v) is 11.1. The first-order valence-corrected chi connectivity index (χ1v) is 6.23. The van der Waals surface area contributed by atoms with Crippen LogP contribution in [0.5, 0.6) is 5.75 Å². The number of nitrogens with one attached hydrogen (secondary N) is 1. The van der Waals surface area contributed by atoms with Crippen LogP contribution in [-0.2, 0) is 0 Å². The van der Waals surface area contributed by atoms with Gasteiger partial charge in [-0.05, 0) is 30.7 Å². The molecular weight excluding hydrogens is 238 g/mol. The molecule has 0 saturated heterocycles. The summed E-state index contributed by atoms with van der Waals surface area (Å²) in [5.41, 5.74) is 0. The third-order valence-electron chi connectivity index (χ3n) is 2.17. The molecule has 0 aromatic heterocycles. The second kappa shape index (κ2) is 7.54. The molecular formula is C13H20ClNO2. The van der Waals surface area contributed by atoms with E-state index in [1.807, 2.05) is 12.1 Å². The van der Waals surface area contributed by atoms with E-state index >= 15 is 0 Å². The zero-order valence-electron chi connectivity index (χ0n) is 10.3. The summed E-state index contributed by atoms with van der Waals surface area (Å²) in [7, 11) is 0. The van der Waals surface area contributed by atoms with Gasteiger partial charge in [-0.1, -0.05) is 31.5 Å². The van der Waals surface area contributed by atoms with Gasteiger partial charge in [0, 0.05) is 11.6 Å². The number of hydrogen-bond acceptors (Lipinski definition) is 3. The maximum absolute atomic E-state index is 9.67. The summed E-state index contributed by atoms with van der Waals surface area (Å²) in [6.45, 7) is 5.96. The third-order valence-corrected chi connectivity index (χ3v) is 2.41. The van der Waals surface area contributed by atoms with Crippen molar-refractivity contribution in [2.24, 2.45) is 5.92 Å². The van der Waals surface area contributed by atoms with Crippen molar-refractivity contribution in [3.63, 3.8) is 0 Å². The summed E-state index contributed by atoms with van der Waals surface area (Å²) in [4.78, 5) is 0. The van der Waals surface area contributed by atoms with Crippen LogP contribution in [0.25, 0.3) is 0 Å². The molecule has 2 N–H and O–H groups in total. The molecule has 0 amide bonds. The number of ether oxygens (including phenoxy) is 1. The fourth-order valence-electron chi connectivity index (χ4n) is 1.35. The topological polar surface area (TPSA) is 41.5 Å². The Morgan fingerprint density at radius 1 is 1.35 bits per heavy atom. The van der Waals surface area contributed by atoms with Crippen molar-refractivity contribution in [2.75, 3.05) is 19.7 Å². The summed E-state index contributed by atoms with van der Waals surface area (Å²) >= 11 is 5.82. The highest BCUT2D eigenvalue weighted by atomic mass is 35.5. The van der Waals surface area contributed by atoms with Crippen molar-refractivity contribution in [2.45, 2.75) is 20.0 Å². The molecule has 0 aliphatic heterocycles. The van der Waals surface area contributed by atoms with Crippen LogP contribution in [0, 0.1) is 5.92 Å². The second-order valence-corrected chi connectivity index (χ2v) is 4.91. The van der Waals surface area contributed by atoms with Crippen LogP contribution in [0.1, 0.15) is 13.8 Å². The Morgan fingerprint density at radius 3 is 2.76 bits per heavy atom. The van der Waals surface area contributed by atoms with Crippen molar-refractivity contribution in [1.29, 1.82) is 0 Å². The molecule has 0 heterocycles. The lowest BCUT2D eigenvalue weighted by atomic mass is 10.2. The normalized spacial score (nSPS) is 12.8. The first-order valence-electron chi connectivity index (χ1n) is 5.85. The second-order valence-electron chi connectivity index (χ2n) is 4.47. The highest BCUT2D eigenvalue weighted by Gasteiger charge is 2.05. The zero-order chi connectivity index (χ0) is 12.7. The van der Waals surface area contributed by atoms with E-state index in [-0.39, 0.29) is 6.61 Å². The Balaban J connectivity index is 2.21. The van der Waals surface area contributed by atoms with Crippen molar-refractivity contribution >= 4 is 11.6 Å². The van der Waals surface area contributed by atoms with E-state index in [2.05, 4.69) is 19.2 Å². The van der Waals surface area contributed by atoms with E-state index in [1.165, 1.54) is 0 Å². The van der Waals surface area contributed by atoms with Crippen LogP contribution >= 0.6 is 11.6 Å². The largest absolute Gasteiger partial charge is 0.491 e. The van der Waals surface area contributed by atoms with Gasteiger partial charge < -0.3 is 15.2 Å². The fourth-order valence-corrected chi connectivity index (χ4v) is 1.53. The van der Waals surface area contributed by atoms with Gasteiger partial charge in [0.1, 0.15) is 18.5 Å². The molecule has 4 heteroatoms. The third kappa shape index (κ3) is 6.51. The van der Waals surface area contributed by atoms with Gasteiger partial charge >= 0.3 is 0 Å². The molecule has 96 valence electrons. The predicted molar refractivity (Wildman–Crippen MR) is 70.7 cm³/mol. The maximum Gasteiger partial charge on any atom is 0.120 e. The minimum atomic E-state index is -0.507. The van der Waals surface area contributed by atoms with Gasteiger partial charge in [0.25, 0.3) is 0 Å². The maximum atomic E-state index is 9.67. The van der Waals surface area contributed by atoms with E-state index in [0.717, 1.165) is 6.54 Å². The van der Waals surface area contributed by atoms with Crippen LogP contribution in [0.3, 0.4) is 0 Å². The Hall–Kier alpha value is -0.770. The van der Waals surface area contributed by atoms with Gasteiger partial charge in [0.15, 0.2) is 0 Å². The highest BCUT2D eigenvalue weighted by molar-refractivity contribution is 6.30.